The van der Waals surface area contributed by atoms with E-state index in [1.807, 2.05) is 31.2 Å². The van der Waals surface area contributed by atoms with Crippen molar-refractivity contribution >= 4 is 24.1 Å². The first-order valence-corrected chi connectivity index (χ1v) is 7.64. The molecule has 0 bridgehead atoms. The number of furan rings is 1. The molecule has 0 amide bonds. The van der Waals surface area contributed by atoms with Gasteiger partial charge in [-0.3, -0.25) is 19.3 Å². The van der Waals surface area contributed by atoms with Crippen LogP contribution in [0.15, 0.2) is 56.9 Å². The molecule has 0 aliphatic heterocycles. The predicted octanol–water partition coefficient (Wildman–Crippen LogP) is 3.31. The first-order valence-electron chi connectivity index (χ1n) is 7.24. The minimum absolute atomic E-state index is 0.0377. The van der Waals surface area contributed by atoms with Crippen LogP contribution in [0.4, 0.5) is 5.69 Å². The molecule has 0 saturated carbocycles. The largest absolute Gasteiger partial charge is 0.494 e. The first kappa shape index (κ1) is 15.9. The lowest BCUT2D eigenvalue weighted by atomic mass is 10.2. The lowest BCUT2D eigenvalue weighted by Gasteiger charge is -2.09. The maximum atomic E-state index is 12.1. The molecule has 6 nitrogen and oxygen atoms in total. The molecule has 0 spiro atoms. The van der Waals surface area contributed by atoms with Crippen LogP contribution in [0.2, 0.25) is 0 Å². The number of hydrogen-bond acceptors (Lipinski definition) is 5. The maximum Gasteiger partial charge on any atom is 0.264 e. The summed E-state index contributed by atoms with van der Waals surface area (Å²) in [6, 6.07) is 11.0. The molecule has 0 atom stereocenters. The van der Waals surface area contributed by atoms with Gasteiger partial charge in [0, 0.05) is 6.21 Å². The molecule has 24 heavy (non-hydrogen) atoms. The molecule has 3 aromatic rings. The van der Waals surface area contributed by atoms with Crippen molar-refractivity contribution in [3.8, 4) is 5.88 Å². The van der Waals surface area contributed by atoms with Gasteiger partial charge in [0.2, 0.25) is 5.88 Å². The number of aliphatic imine (C=N–C) groups is 1. The third-order valence-corrected chi connectivity index (χ3v) is 3.80. The number of hydrogen-bond donors (Lipinski definition) is 2. The van der Waals surface area contributed by atoms with Crippen LogP contribution in [0.25, 0.3) is 0 Å². The molecule has 0 saturated heterocycles. The Kier molecular flexibility index (Phi) is 4.43. The zero-order valence-electron chi connectivity index (χ0n) is 12.9. The van der Waals surface area contributed by atoms with E-state index in [1.54, 1.807) is 12.1 Å². The first-order chi connectivity index (χ1) is 11.5. The van der Waals surface area contributed by atoms with E-state index in [9.17, 15) is 9.90 Å². The fourth-order valence-corrected chi connectivity index (χ4v) is 2.41. The van der Waals surface area contributed by atoms with E-state index in [0.29, 0.717) is 11.4 Å². The van der Waals surface area contributed by atoms with Crippen molar-refractivity contribution in [2.24, 2.45) is 4.99 Å². The standard InChI is InChI=1S/C17H15N3O3S/c1-11-4-6-12(7-5-11)18-9-14-15(21)19-17(24)20(16(14)22)10-13-3-2-8-23-13/h2-9,22H,10H2,1H3,(H,19,21,24). The number of nitrogens with one attached hydrogen (secondary N) is 1. The van der Waals surface area contributed by atoms with E-state index in [1.165, 1.54) is 17.0 Å². The molecule has 122 valence electrons. The van der Waals surface area contributed by atoms with Crippen molar-refractivity contribution in [2.45, 2.75) is 13.5 Å². The van der Waals surface area contributed by atoms with Gasteiger partial charge in [-0.15, -0.1) is 0 Å². The van der Waals surface area contributed by atoms with Crippen LogP contribution in [-0.2, 0) is 6.54 Å². The summed E-state index contributed by atoms with van der Waals surface area (Å²) in [5, 5.41) is 10.4. The minimum Gasteiger partial charge on any atom is -0.494 e. The zero-order chi connectivity index (χ0) is 17.1. The van der Waals surface area contributed by atoms with Gasteiger partial charge in [-0.1, -0.05) is 17.7 Å². The smallest absolute Gasteiger partial charge is 0.264 e. The highest BCUT2D eigenvalue weighted by atomic mass is 32.1. The lowest BCUT2D eigenvalue weighted by molar-refractivity contribution is 0.396. The zero-order valence-corrected chi connectivity index (χ0v) is 13.7. The van der Waals surface area contributed by atoms with Crippen molar-refractivity contribution in [3.05, 3.63) is 74.7 Å². The molecule has 0 fully saturated rings. The molecule has 2 heterocycles. The molecular weight excluding hydrogens is 326 g/mol. The fourth-order valence-electron chi connectivity index (χ4n) is 2.17. The van der Waals surface area contributed by atoms with Crippen LogP contribution < -0.4 is 5.56 Å². The molecule has 3 rings (SSSR count). The second-order valence-corrected chi connectivity index (χ2v) is 5.64. The summed E-state index contributed by atoms with van der Waals surface area (Å²) in [6.45, 7) is 2.18. The Morgan fingerprint density at radius 3 is 2.75 bits per heavy atom. The summed E-state index contributed by atoms with van der Waals surface area (Å²) in [6.07, 6.45) is 2.85. The summed E-state index contributed by atoms with van der Waals surface area (Å²) in [4.78, 5) is 18.8. The third-order valence-electron chi connectivity index (χ3n) is 3.48. The van der Waals surface area contributed by atoms with Gasteiger partial charge in [-0.2, -0.15) is 0 Å². The Morgan fingerprint density at radius 1 is 1.33 bits per heavy atom. The molecule has 2 N–H and O–H groups in total. The maximum absolute atomic E-state index is 12.1. The number of benzene rings is 1. The van der Waals surface area contributed by atoms with Crippen LogP contribution in [0.3, 0.4) is 0 Å². The summed E-state index contributed by atoms with van der Waals surface area (Å²) >= 11 is 5.11. The number of nitrogens with zero attached hydrogens (tertiary/aromatic N) is 2. The molecule has 0 aliphatic carbocycles. The van der Waals surface area contributed by atoms with Crippen LogP contribution >= 0.6 is 12.2 Å². The van der Waals surface area contributed by atoms with E-state index in [0.717, 1.165) is 5.56 Å². The van der Waals surface area contributed by atoms with Crippen molar-refractivity contribution in [1.29, 1.82) is 0 Å². The molecule has 1 aromatic carbocycles. The number of aryl methyl sites for hydroxylation is 1. The molecule has 2 aromatic heterocycles. The average molecular weight is 341 g/mol. The van der Waals surface area contributed by atoms with Gasteiger partial charge in [0.15, 0.2) is 4.77 Å². The third kappa shape index (κ3) is 3.36. The number of aromatic nitrogens is 2. The number of aromatic amines is 1. The van der Waals surface area contributed by atoms with Gasteiger partial charge in [0.1, 0.15) is 11.3 Å². The number of aromatic hydroxyl groups is 1. The van der Waals surface area contributed by atoms with Gasteiger partial charge in [0.05, 0.1) is 18.5 Å². The fraction of sp³-hybridized carbons (Fsp3) is 0.118. The van der Waals surface area contributed by atoms with E-state index in [2.05, 4.69) is 9.98 Å². The normalized spacial score (nSPS) is 11.2. The Labute approximate surface area is 142 Å². The average Bonchev–Trinajstić information content (AvgIpc) is 3.06. The van der Waals surface area contributed by atoms with Crippen molar-refractivity contribution in [1.82, 2.24) is 9.55 Å². The summed E-state index contributed by atoms with van der Waals surface area (Å²) < 4.78 is 6.75. The molecular formula is C17H15N3O3S. The predicted molar refractivity (Wildman–Crippen MR) is 93.8 cm³/mol. The van der Waals surface area contributed by atoms with E-state index in [-0.39, 0.29) is 22.8 Å². The highest BCUT2D eigenvalue weighted by Gasteiger charge is 2.12. The SMILES string of the molecule is Cc1ccc(N=Cc2c(O)n(Cc3ccco3)c(=S)[nH]c2=O)cc1. The Balaban J connectivity index is 2.00. The second kappa shape index (κ2) is 6.67. The molecule has 0 radical (unpaired) electrons. The van der Waals surface area contributed by atoms with Crippen LogP contribution in [0.5, 0.6) is 5.88 Å². The summed E-state index contributed by atoms with van der Waals surface area (Å²) in [5.41, 5.74) is 1.33. The minimum atomic E-state index is -0.496. The van der Waals surface area contributed by atoms with Gasteiger partial charge >= 0.3 is 0 Å². The van der Waals surface area contributed by atoms with Crippen molar-refractivity contribution in [2.75, 3.05) is 0 Å². The van der Waals surface area contributed by atoms with Gasteiger partial charge < -0.3 is 9.52 Å². The molecule has 7 heteroatoms. The monoisotopic (exact) mass is 341 g/mol. The second-order valence-electron chi connectivity index (χ2n) is 5.26. The van der Waals surface area contributed by atoms with Gasteiger partial charge in [-0.25, -0.2) is 0 Å². The number of rotatable bonds is 4. The van der Waals surface area contributed by atoms with Crippen LogP contribution in [-0.4, -0.2) is 20.9 Å². The van der Waals surface area contributed by atoms with Crippen LogP contribution in [0, 0.1) is 11.7 Å². The topological polar surface area (TPSA) is 83.5 Å². The van der Waals surface area contributed by atoms with E-state index >= 15 is 0 Å². The van der Waals surface area contributed by atoms with Crippen molar-refractivity contribution < 1.29 is 9.52 Å². The molecule has 0 aliphatic rings. The van der Waals surface area contributed by atoms with Crippen LogP contribution in [0.1, 0.15) is 16.9 Å². The quantitative estimate of drug-likeness (QED) is 0.563. The summed E-state index contributed by atoms with van der Waals surface area (Å²) in [5.74, 6) is 0.353. The Bertz CT molecular complexity index is 983. The van der Waals surface area contributed by atoms with Gasteiger partial charge in [-0.05, 0) is 43.4 Å². The Hall–Kier alpha value is -2.93. The number of H-pyrrole nitrogens is 1. The lowest BCUT2D eigenvalue weighted by Crippen LogP contribution is -2.19. The highest BCUT2D eigenvalue weighted by molar-refractivity contribution is 7.71. The summed E-state index contributed by atoms with van der Waals surface area (Å²) in [7, 11) is 0. The van der Waals surface area contributed by atoms with Gasteiger partial charge in [0.25, 0.3) is 5.56 Å². The van der Waals surface area contributed by atoms with Crippen molar-refractivity contribution in [3.63, 3.8) is 0 Å². The van der Waals surface area contributed by atoms with E-state index < -0.39 is 5.56 Å². The highest BCUT2D eigenvalue weighted by Crippen LogP contribution is 2.17. The molecule has 0 unspecified atom stereocenters. The van der Waals surface area contributed by atoms with E-state index in [4.69, 9.17) is 16.6 Å². The Morgan fingerprint density at radius 2 is 2.08 bits per heavy atom.